The maximum atomic E-state index is 9.38. The van der Waals surface area contributed by atoms with Crippen molar-refractivity contribution in [2.24, 2.45) is 5.73 Å². The fraction of sp³-hybridized carbons (Fsp3) is 1.00. The zero-order valence-electron chi connectivity index (χ0n) is 3.14. The summed E-state index contributed by atoms with van der Waals surface area (Å²) in [5, 5.41) is 9.38. The molecule has 3 heteroatoms. The number of hydrogen-bond acceptors (Lipinski definition) is 2. The molecule has 0 radical (unpaired) electrons. The smallest absolute Gasteiger partial charge is 0.134 e. The van der Waals surface area contributed by atoms with Crippen molar-refractivity contribution in [1.29, 1.82) is 0 Å². The highest BCUT2D eigenvalue weighted by molar-refractivity contribution is 4.19. The first-order chi connectivity index (χ1) is 2.27. The molecule has 3 nitrogen and oxygen atoms in total. The molecule has 0 aliphatic heterocycles. The third-order valence-electron chi connectivity index (χ3n) is 0.215. The van der Waals surface area contributed by atoms with E-state index in [1.54, 1.807) is 6.92 Å². The van der Waals surface area contributed by atoms with Gasteiger partial charge in [0, 0.05) is 6.92 Å². The Labute approximate surface area is 30.7 Å². The molecule has 0 aliphatic rings. The minimum Gasteiger partial charge on any atom is -0.635 e. The maximum absolute atomic E-state index is 9.38. The van der Waals surface area contributed by atoms with E-state index in [9.17, 15) is 5.21 Å². The van der Waals surface area contributed by atoms with Crippen LogP contribution in [-0.2, 0) is 0 Å². The second kappa shape index (κ2) is 2.14. The zero-order chi connectivity index (χ0) is 4.28. The monoisotopic (exact) mass is 76.1 g/mol. The lowest BCUT2D eigenvalue weighted by molar-refractivity contribution is -0.622. The van der Waals surface area contributed by atoms with Crippen molar-refractivity contribution in [3.05, 3.63) is 5.21 Å². The first kappa shape index (κ1) is 4.88. The van der Waals surface area contributed by atoms with Crippen LogP contribution in [-0.4, -0.2) is 6.17 Å². The Morgan fingerprint density at radius 1 is 2.00 bits per heavy atom. The van der Waals surface area contributed by atoms with E-state index in [2.05, 4.69) is 0 Å². The van der Waals surface area contributed by atoms with Crippen LogP contribution in [0.5, 0.6) is 0 Å². The van der Waals surface area contributed by atoms with Gasteiger partial charge in [-0.25, -0.2) is 0 Å². The van der Waals surface area contributed by atoms with E-state index >= 15 is 0 Å². The molecule has 0 amide bonds. The Bertz CT molecular complexity index is 21.6. The Kier molecular flexibility index (Phi) is 2.09. The first-order valence-corrected chi connectivity index (χ1v) is 1.48. The molecule has 0 bridgehead atoms. The van der Waals surface area contributed by atoms with E-state index in [0.717, 1.165) is 0 Å². The lowest BCUT2D eigenvalue weighted by atomic mass is 10.7. The highest BCUT2D eigenvalue weighted by Crippen LogP contribution is 1.39. The lowest BCUT2D eigenvalue weighted by Crippen LogP contribution is -2.86. The number of hydroxylamine groups is 1. The summed E-state index contributed by atoms with van der Waals surface area (Å²) in [7, 11) is 0. The number of hydrogen-bond donors (Lipinski definition) is 2. The molecule has 0 aromatic rings. The molecule has 0 aliphatic carbocycles. The van der Waals surface area contributed by atoms with Crippen LogP contribution in [0.3, 0.4) is 0 Å². The molecule has 0 saturated carbocycles. The van der Waals surface area contributed by atoms with Gasteiger partial charge in [0.15, 0.2) is 0 Å². The Hall–Kier alpha value is -0.120. The normalized spacial score (nSPS) is 15.0. The Morgan fingerprint density at radius 3 is 2.20 bits per heavy atom. The van der Waals surface area contributed by atoms with Crippen LogP contribution in [0.25, 0.3) is 0 Å². The number of nitrogens with two attached hydrogens (primary N) is 2. The molecule has 1 atom stereocenters. The summed E-state index contributed by atoms with van der Waals surface area (Å²) in [6.45, 7) is 1.63. The maximum Gasteiger partial charge on any atom is 0.134 e. The van der Waals surface area contributed by atoms with Crippen molar-refractivity contribution in [2.45, 2.75) is 13.1 Å². The van der Waals surface area contributed by atoms with E-state index in [4.69, 9.17) is 5.73 Å². The summed E-state index contributed by atoms with van der Waals surface area (Å²) in [5.74, 6) is 0. The molecular weight excluding hydrogens is 68.0 g/mol. The summed E-state index contributed by atoms with van der Waals surface area (Å²) >= 11 is 0. The summed E-state index contributed by atoms with van der Waals surface area (Å²) in [4.78, 5) is 0. The van der Waals surface area contributed by atoms with Crippen LogP contribution in [0.4, 0.5) is 0 Å². The van der Waals surface area contributed by atoms with E-state index in [0.29, 0.717) is 5.48 Å². The van der Waals surface area contributed by atoms with Crippen LogP contribution in [0.1, 0.15) is 6.92 Å². The summed E-state index contributed by atoms with van der Waals surface area (Å²) in [6.07, 6.45) is -0.296. The first-order valence-electron chi connectivity index (χ1n) is 1.48. The average Bonchev–Trinajstić information content (AvgIpc) is 1.38. The second-order valence-corrected chi connectivity index (χ2v) is 0.995. The predicted octanol–water partition coefficient (Wildman–Crippen LogP) is -1.65. The van der Waals surface area contributed by atoms with Gasteiger partial charge in [-0.3, -0.25) is 5.73 Å². The van der Waals surface area contributed by atoms with Crippen molar-refractivity contribution >= 4 is 0 Å². The van der Waals surface area contributed by atoms with Gasteiger partial charge >= 0.3 is 0 Å². The van der Waals surface area contributed by atoms with Crippen molar-refractivity contribution in [3.63, 3.8) is 0 Å². The fourth-order valence-corrected chi connectivity index (χ4v) is 0. The number of quaternary nitrogens is 1. The van der Waals surface area contributed by atoms with Gasteiger partial charge < -0.3 is 10.7 Å². The Morgan fingerprint density at radius 2 is 2.20 bits per heavy atom. The van der Waals surface area contributed by atoms with E-state index < -0.39 is 0 Å². The van der Waals surface area contributed by atoms with E-state index in [1.165, 1.54) is 0 Å². The minimum atomic E-state index is -0.296. The largest absolute Gasteiger partial charge is 0.635 e. The molecule has 0 saturated heterocycles. The molecule has 0 aromatic heterocycles. The van der Waals surface area contributed by atoms with Gasteiger partial charge in [-0.15, -0.1) is 0 Å². The van der Waals surface area contributed by atoms with Crippen LogP contribution in [0.15, 0.2) is 0 Å². The van der Waals surface area contributed by atoms with E-state index in [-0.39, 0.29) is 6.17 Å². The third kappa shape index (κ3) is 3.88. The minimum absolute atomic E-state index is 0.296. The molecule has 0 spiro atoms. The summed E-state index contributed by atoms with van der Waals surface area (Å²) < 4.78 is 0. The highest BCUT2D eigenvalue weighted by Gasteiger charge is 1.77. The highest BCUT2D eigenvalue weighted by atomic mass is 16.5. The average molecular weight is 76.1 g/mol. The van der Waals surface area contributed by atoms with Crippen molar-refractivity contribution in [2.75, 3.05) is 0 Å². The summed E-state index contributed by atoms with van der Waals surface area (Å²) in [5.41, 5.74) is 5.62. The Balaban J connectivity index is 2.54. The molecule has 0 heterocycles. The van der Waals surface area contributed by atoms with Gasteiger partial charge in [-0.2, -0.15) is 0 Å². The second-order valence-electron chi connectivity index (χ2n) is 0.995. The molecular formula is C2H8N2O. The van der Waals surface area contributed by atoms with Crippen LogP contribution in [0.2, 0.25) is 0 Å². The quantitative estimate of drug-likeness (QED) is 0.290. The number of rotatable bonds is 1. The van der Waals surface area contributed by atoms with Gasteiger partial charge in [0.1, 0.15) is 6.17 Å². The van der Waals surface area contributed by atoms with Crippen LogP contribution in [0, 0.1) is 5.21 Å². The molecule has 4 N–H and O–H groups in total. The molecule has 5 heavy (non-hydrogen) atoms. The molecule has 0 aromatic carbocycles. The van der Waals surface area contributed by atoms with E-state index in [1.807, 2.05) is 0 Å². The van der Waals surface area contributed by atoms with Gasteiger partial charge in [0.25, 0.3) is 0 Å². The van der Waals surface area contributed by atoms with Crippen LogP contribution >= 0.6 is 0 Å². The van der Waals surface area contributed by atoms with Gasteiger partial charge in [-0.1, -0.05) is 0 Å². The SMILES string of the molecule is CC(N)[NH2+][O-]. The van der Waals surface area contributed by atoms with Crippen molar-refractivity contribution in [3.8, 4) is 0 Å². The topological polar surface area (TPSA) is 65.7 Å². The van der Waals surface area contributed by atoms with Gasteiger partial charge in [0.2, 0.25) is 0 Å². The van der Waals surface area contributed by atoms with Gasteiger partial charge in [-0.05, 0) is 0 Å². The standard InChI is InChI=1S/C2H8N2O/c1-2(3)4-5/h2H,3-4H2,1H3. The summed E-state index contributed by atoms with van der Waals surface area (Å²) in [6, 6.07) is 0. The predicted molar refractivity (Wildman–Crippen MR) is 18.9 cm³/mol. The third-order valence-corrected chi connectivity index (χ3v) is 0.215. The van der Waals surface area contributed by atoms with Gasteiger partial charge in [0.05, 0.1) is 0 Å². The molecule has 0 fully saturated rings. The zero-order valence-corrected chi connectivity index (χ0v) is 3.14. The van der Waals surface area contributed by atoms with Crippen molar-refractivity contribution < 1.29 is 5.48 Å². The molecule has 0 rings (SSSR count). The lowest BCUT2D eigenvalue weighted by Gasteiger charge is -2.02. The van der Waals surface area contributed by atoms with Crippen LogP contribution < -0.4 is 11.2 Å². The molecule has 1 unspecified atom stereocenters. The molecule has 32 valence electrons. The fourth-order valence-electron chi connectivity index (χ4n) is 0. The van der Waals surface area contributed by atoms with Crippen molar-refractivity contribution in [1.82, 2.24) is 0 Å².